The number of carbonyl (C=O) groups is 1. The Hall–Kier alpha value is -2.35. The maximum absolute atomic E-state index is 14.3. The van der Waals surface area contributed by atoms with Crippen molar-refractivity contribution in [2.45, 2.75) is 64.0 Å². The highest BCUT2D eigenvalue weighted by Crippen LogP contribution is 2.58. The van der Waals surface area contributed by atoms with Crippen LogP contribution >= 0.6 is 0 Å². The second kappa shape index (κ2) is 6.92. The predicted molar refractivity (Wildman–Crippen MR) is 116 cm³/mol. The minimum Gasteiger partial charge on any atom is -0.329 e. The van der Waals surface area contributed by atoms with Crippen LogP contribution in [0.1, 0.15) is 69.7 Å². The minimum atomic E-state index is -0.463. The normalized spacial score (nSPS) is 26.3. The maximum Gasteiger partial charge on any atom is 0.234 e. The molecular weight excluding hydrogens is 342 g/mol. The maximum atomic E-state index is 14.3. The van der Waals surface area contributed by atoms with Gasteiger partial charge < -0.3 is 4.90 Å². The standard InChI is InChI=1S/C26H31NO/c1-5-6-18-26-21-15-11-10-12-19(21)16-17-22(26)23(20-13-8-7-9-14-20)27(24(26)28)25(2,3)4/h7-17,22-23H,5-6,18H2,1-4H3/t22-,23-,26-/m0/s1. The van der Waals surface area contributed by atoms with Crippen LogP contribution in [0, 0.1) is 5.92 Å². The van der Waals surface area contributed by atoms with E-state index in [1.807, 2.05) is 0 Å². The molecule has 3 atom stereocenters. The molecular formula is C26H31NO. The summed E-state index contributed by atoms with van der Waals surface area (Å²) in [5.41, 5.74) is 2.95. The number of rotatable bonds is 4. The van der Waals surface area contributed by atoms with Gasteiger partial charge in [-0.1, -0.05) is 86.5 Å². The van der Waals surface area contributed by atoms with Crippen molar-refractivity contribution in [1.29, 1.82) is 0 Å². The van der Waals surface area contributed by atoms with Crippen molar-refractivity contribution in [1.82, 2.24) is 4.90 Å². The highest BCUT2D eigenvalue weighted by Gasteiger charge is 2.62. The number of benzene rings is 2. The van der Waals surface area contributed by atoms with Crippen molar-refractivity contribution in [3.05, 3.63) is 77.4 Å². The average molecular weight is 374 g/mol. The van der Waals surface area contributed by atoms with Crippen LogP contribution in [0.5, 0.6) is 0 Å². The van der Waals surface area contributed by atoms with E-state index in [9.17, 15) is 4.79 Å². The first kappa shape index (κ1) is 19.0. The molecule has 1 heterocycles. The molecule has 2 aromatic rings. The van der Waals surface area contributed by atoms with Gasteiger partial charge in [-0.3, -0.25) is 4.79 Å². The van der Waals surface area contributed by atoms with E-state index in [0.717, 1.165) is 19.3 Å². The SMILES string of the molecule is CCCC[C@@]12C(=O)N(C(C)(C)C)[C@@H](c3ccccc3)[C@@H]1C=Cc1ccccc12. The highest BCUT2D eigenvalue weighted by atomic mass is 16.2. The van der Waals surface area contributed by atoms with Crippen LogP contribution in [0.25, 0.3) is 6.08 Å². The Balaban J connectivity index is 1.97. The van der Waals surface area contributed by atoms with Crippen LogP contribution in [0.2, 0.25) is 0 Å². The van der Waals surface area contributed by atoms with Crippen LogP contribution in [0.15, 0.2) is 60.7 Å². The van der Waals surface area contributed by atoms with Crippen molar-refractivity contribution in [3.63, 3.8) is 0 Å². The molecule has 0 saturated carbocycles. The number of hydrogen-bond donors (Lipinski definition) is 0. The molecule has 4 rings (SSSR count). The second-order valence-corrected chi connectivity index (χ2v) is 9.25. The Morgan fingerprint density at radius 3 is 2.36 bits per heavy atom. The van der Waals surface area contributed by atoms with E-state index in [1.165, 1.54) is 16.7 Å². The summed E-state index contributed by atoms with van der Waals surface area (Å²) in [6.45, 7) is 8.72. The number of likely N-dealkylation sites (tertiary alicyclic amines) is 1. The monoisotopic (exact) mass is 373 g/mol. The molecule has 2 heteroatoms. The Morgan fingerprint density at radius 2 is 1.68 bits per heavy atom. The summed E-state index contributed by atoms with van der Waals surface area (Å²) in [4.78, 5) is 16.4. The van der Waals surface area contributed by atoms with E-state index < -0.39 is 5.41 Å². The van der Waals surface area contributed by atoms with Gasteiger partial charge in [0.1, 0.15) is 0 Å². The molecule has 2 nitrogen and oxygen atoms in total. The molecule has 0 aromatic heterocycles. The lowest BCUT2D eigenvalue weighted by Crippen LogP contribution is -2.48. The van der Waals surface area contributed by atoms with Gasteiger partial charge in [0.25, 0.3) is 0 Å². The van der Waals surface area contributed by atoms with Gasteiger partial charge in [-0.05, 0) is 43.9 Å². The van der Waals surface area contributed by atoms with Crippen molar-refractivity contribution in [3.8, 4) is 0 Å². The van der Waals surface area contributed by atoms with Crippen molar-refractivity contribution < 1.29 is 4.79 Å². The quantitative estimate of drug-likeness (QED) is 0.630. The smallest absolute Gasteiger partial charge is 0.234 e. The predicted octanol–water partition coefficient (Wildman–Crippen LogP) is 6.14. The lowest BCUT2D eigenvalue weighted by Gasteiger charge is -2.38. The molecule has 1 fully saturated rings. The molecule has 0 unspecified atom stereocenters. The van der Waals surface area contributed by atoms with Crippen molar-refractivity contribution in [2.75, 3.05) is 0 Å². The third kappa shape index (κ3) is 2.73. The third-order valence-electron chi connectivity index (χ3n) is 6.50. The molecule has 1 aliphatic carbocycles. The van der Waals surface area contributed by atoms with E-state index in [0.29, 0.717) is 5.91 Å². The zero-order valence-electron chi connectivity index (χ0n) is 17.5. The molecule has 0 bridgehead atoms. The molecule has 0 N–H and O–H groups in total. The Morgan fingerprint density at radius 1 is 1.00 bits per heavy atom. The topological polar surface area (TPSA) is 20.3 Å². The Bertz CT molecular complexity index is 892. The number of nitrogens with zero attached hydrogens (tertiary/aromatic N) is 1. The molecule has 1 amide bonds. The number of unbranched alkanes of at least 4 members (excludes halogenated alkanes) is 1. The summed E-state index contributed by atoms with van der Waals surface area (Å²) in [6, 6.07) is 19.2. The molecule has 0 spiro atoms. The number of hydrogen-bond acceptors (Lipinski definition) is 1. The molecule has 1 saturated heterocycles. The van der Waals surface area contributed by atoms with Gasteiger partial charge in [-0.25, -0.2) is 0 Å². The third-order valence-corrected chi connectivity index (χ3v) is 6.50. The summed E-state index contributed by atoms with van der Waals surface area (Å²) in [5, 5.41) is 0. The summed E-state index contributed by atoms with van der Waals surface area (Å²) >= 11 is 0. The van der Waals surface area contributed by atoms with E-state index in [1.54, 1.807) is 0 Å². The van der Waals surface area contributed by atoms with E-state index in [2.05, 4.69) is 99.3 Å². The van der Waals surface area contributed by atoms with Crippen LogP contribution in [0.3, 0.4) is 0 Å². The first-order valence-corrected chi connectivity index (χ1v) is 10.6. The van der Waals surface area contributed by atoms with Gasteiger partial charge in [0, 0.05) is 11.5 Å². The fourth-order valence-electron chi connectivity index (χ4n) is 5.33. The Kier molecular flexibility index (Phi) is 4.69. The highest BCUT2D eigenvalue weighted by molar-refractivity contribution is 5.95. The van der Waals surface area contributed by atoms with E-state index in [4.69, 9.17) is 0 Å². The van der Waals surface area contributed by atoms with Crippen molar-refractivity contribution in [2.24, 2.45) is 5.92 Å². The number of amides is 1. The van der Waals surface area contributed by atoms with Gasteiger partial charge in [0.15, 0.2) is 0 Å². The van der Waals surface area contributed by atoms with Crippen LogP contribution in [-0.4, -0.2) is 16.3 Å². The average Bonchev–Trinajstić information content (AvgIpc) is 2.96. The van der Waals surface area contributed by atoms with E-state index >= 15 is 0 Å². The molecule has 146 valence electrons. The van der Waals surface area contributed by atoms with E-state index in [-0.39, 0.29) is 17.5 Å². The molecule has 0 radical (unpaired) electrons. The summed E-state index contributed by atoms with van der Waals surface area (Å²) in [7, 11) is 0. The molecule has 2 aliphatic rings. The zero-order chi connectivity index (χ0) is 19.9. The first-order valence-electron chi connectivity index (χ1n) is 10.6. The van der Waals surface area contributed by atoms with Crippen LogP contribution in [0.4, 0.5) is 0 Å². The van der Waals surface area contributed by atoms with Crippen LogP contribution < -0.4 is 0 Å². The van der Waals surface area contributed by atoms with Gasteiger partial charge in [-0.15, -0.1) is 0 Å². The molecule has 1 aliphatic heterocycles. The lowest BCUT2D eigenvalue weighted by molar-refractivity contribution is -0.138. The van der Waals surface area contributed by atoms with Gasteiger partial charge in [0.05, 0.1) is 11.5 Å². The van der Waals surface area contributed by atoms with Gasteiger partial charge >= 0.3 is 0 Å². The van der Waals surface area contributed by atoms with Gasteiger partial charge in [0.2, 0.25) is 5.91 Å². The minimum absolute atomic E-state index is 0.0650. The summed E-state index contributed by atoms with van der Waals surface area (Å²) in [6.07, 6.45) is 7.62. The fraction of sp³-hybridized carbons (Fsp3) is 0.423. The molecule has 28 heavy (non-hydrogen) atoms. The zero-order valence-corrected chi connectivity index (χ0v) is 17.5. The van der Waals surface area contributed by atoms with Crippen molar-refractivity contribution >= 4 is 12.0 Å². The van der Waals surface area contributed by atoms with Gasteiger partial charge in [-0.2, -0.15) is 0 Å². The van der Waals surface area contributed by atoms with Crippen LogP contribution in [-0.2, 0) is 10.2 Å². The lowest BCUT2D eigenvalue weighted by atomic mass is 9.63. The Labute approximate surface area is 169 Å². The largest absolute Gasteiger partial charge is 0.329 e. The number of carbonyl (C=O) groups excluding carboxylic acids is 1. The fourth-order valence-corrected chi connectivity index (χ4v) is 5.33. The summed E-state index contributed by atoms with van der Waals surface area (Å²) < 4.78 is 0. The first-order chi connectivity index (χ1) is 13.4. The summed E-state index contributed by atoms with van der Waals surface area (Å²) in [5.74, 6) is 0.451. The number of fused-ring (bicyclic) bond motifs is 3. The second-order valence-electron chi connectivity index (χ2n) is 9.25. The molecule has 2 aromatic carbocycles.